The maximum Gasteiger partial charge on any atom is 0.343 e. The molecule has 0 aliphatic carbocycles. The maximum absolute atomic E-state index is 11.3. The van der Waals surface area contributed by atoms with Crippen molar-refractivity contribution in [2.75, 3.05) is 20.3 Å². The van der Waals surface area contributed by atoms with Crippen LogP contribution in [-0.4, -0.2) is 26.3 Å². The van der Waals surface area contributed by atoms with Gasteiger partial charge in [-0.1, -0.05) is 24.3 Å². The van der Waals surface area contributed by atoms with Crippen molar-refractivity contribution < 1.29 is 19.0 Å². The highest BCUT2D eigenvalue weighted by Gasteiger charge is 2.11. The molecular formula is C22H29NO4. The van der Waals surface area contributed by atoms with Crippen LogP contribution in [0.5, 0.6) is 11.5 Å². The first kappa shape index (κ1) is 20.8. The van der Waals surface area contributed by atoms with E-state index in [0.717, 1.165) is 29.2 Å². The maximum atomic E-state index is 11.3. The zero-order chi connectivity index (χ0) is 19.8. The van der Waals surface area contributed by atoms with Crippen LogP contribution in [0.25, 0.3) is 0 Å². The monoisotopic (exact) mass is 371 g/mol. The number of carbonyl (C=O) groups excluding carboxylic acids is 1. The van der Waals surface area contributed by atoms with Crippen LogP contribution < -0.4 is 14.8 Å². The Morgan fingerprint density at radius 3 is 2.44 bits per heavy atom. The van der Waals surface area contributed by atoms with Crippen LogP contribution in [0.3, 0.4) is 0 Å². The van der Waals surface area contributed by atoms with Gasteiger partial charge in [-0.15, -0.1) is 0 Å². The van der Waals surface area contributed by atoms with Gasteiger partial charge in [0.1, 0.15) is 11.5 Å². The van der Waals surface area contributed by atoms with Crippen molar-refractivity contribution in [2.45, 2.75) is 40.3 Å². The molecule has 0 heterocycles. The number of benzene rings is 2. The molecule has 27 heavy (non-hydrogen) atoms. The molecule has 0 fully saturated rings. The van der Waals surface area contributed by atoms with Gasteiger partial charge >= 0.3 is 5.97 Å². The van der Waals surface area contributed by atoms with Gasteiger partial charge in [-0.2, -0.15) is 0 Å². The summed E-state index contributed by atoms with van der Waals surface area (Å²) in [6.07, 6.45) is 0. The molecule has 0 aromatic heterocycles. The average Bonchev–Trinajstić information content (AvgIpc) is 2.65. The molecule has 0 radical (unpaired) electrons. The van der Waals surface area contributed by atoms with Crippen LogP contribution in [0.15, 0.2) is 36.4 Å². The smallest absolute Gasteiger partial charge is 0.343 e. The van der Waals surface area contributed by atoms with E-state index in [-0.39, 0.29) is 18.6 Å². The lowest BCUT2D eigenvalue weighted by Crippen LogP contribution is -2.18. The second-order valence-electron chi connectivity index (χ2n) is 6.53. The van der Waals surface area contributed by atoms with Gasteiger partial charge in [-0.05, 0) is 62.1 Å². The molecule has 0 bridgehead atoms. The van der Waals surface area contributed by atoms with E-state index < -0.39 is 0 Å². The molecule has 5 heteroatoms. The summed E-state index contributed by atoms with van der Waals surface area (Å²) in [5.74, 6) is 1.24. The number of methoxy groups -OCH3 is 1. The van der Waals surface area contributed by atoms with E-state index in [0.29, 0.717) is 6.61 Å². The predicted molar refractivity (Wildman–Crippen MR) is 106 cm³/mol. The van der Waals surface area contributed by atoms with E-state index in [1.165, 1.54) is 18.2 Å². The Balaban J connectivity index is 2.01. The number of carbonyl (C=O) groups is 1. The van der Waals surface area contributed by atoms with Crippen LogP contribution >= 0.6 is 0 Å². The summed E-state index contributed by atoms with van der Waals surface area (Å²) in [6.45, 7) is 9.41. The SMILES string of the molecule is CCOc1cccc(C(C)NCc2cc(C)c(OCC(=O)OC)c(C)c2)c1. The fourth-order valence-corrected chi connectivity index (χ4v) is 2.99. The third kappa shape index (κ3) is 6.00. The first-order valence-corrected chi connectivity index (χ1v) is 9.20. The van der Waals surface area contributed by atoms with Crippen LogP contribution in [0, 0.1) is 13.8 Å². The summed E-state index contributed by atoms with van der Waals surface area (Å²) in [7, 11) is 1.35. The fraction of sp³-hybridized carbons (Fsp3) is 0.409. The highest BCUT2D eigenvalue weighted by Crippen LogP contribution is 2.25. The zero-order valence-corrected chi connectivity index (χ0v) is 16.8. The molecule has 0 saturated carbocycles. The van der Waals surface area contributed by atoms with E-state index in [1.807, 2.05) is 32.9 Å². The van der Waals surface area contributed by atoms with E-state index in [2.05, 4.69) is 41.2 Å². The molecule has 0 amide bonds. The Labute approximate surface area is 161 Å². The number of ether oxygens (including phenoxy) is 3. The number of hydrogen-bond acceptors (Lipinski definition) is 5. The first-order valence-electron chi connectivity index (χ1n) is 9.20. The largest absolute Gasteiger partial charge is 0.494 e. The van der Waals surface area contributed by atoms with Crippen molar-refractivity contribution in [1.82, 2.24) is 5.32 Å². The van der Waals surface area contributed by atoms with Gasteiger partial charge < -0.3 is 19.5 Å². The Morgan fingerprint density at radius 2 is 1.81 bits per heavy atom. The van der Waals surface area contributed by atoms with E-state index >= 15 is 0 Å². The average molecular weight is 371 g/mol. The van der Waals surface area contributed by atoms with Crippen LogP contribution in [0.4, 0.5) is 0 Å². The minimum atomic E-state index is -0.386. The Bertz CT molecular complexity index is 750. The lowest BCUT2D eigenvalue weighted by atomic mass is 10.0. The quantitative estimate of drug-likeness (QED) is 0.673. The minimum absolute atomic E-state index is 0.0804. The summed E-state index contributed by atoms with van der Waals surface area (Å²) in [5, 5.41) is 3.55. The number of esters is 1. The Morgan fingerprint density at radius 1 is 1.11 bits per heavy atom. The topological polar surface area (TPSA) is 56.8 Å². The van der Waals surface area contributed by atoms with Crippen molar-refractivity contribution in [3.63, 3.8) is 0 Å². The van der Waals surface area contributed by atoms with Gasteiger partial charge in [0.05, 0.1) is 13.7 Å². The van der Waals surface area contributed by atoms with Gasteiger partial charge in [-0.3, -0.25) is 0 Å². The lowest BCUT2D eigenvalue weighted by Gasteiger charge is -2.17. The predicted octanol–water partition coefficient (Wildman–Crippen LogP) is 4.10. The number of aryl methyl sites for hydroxylation is 2. The second-order valence-corrected chi connectivity index (χ2v) is 6.53. The van der Waals surface area contributed by atoms with E-state index in [1.54, 1.807) is 0 Å². The van der Waals surface area contributed by atoms with Crippen LogP contribution in [-0.2, 0) is 16.1 Å². The van der Waals surface area contributed by atoms with Crippen molar-refractivity contribution in [1.29, 1.82) is 0 Å². The number of rotatable bonds is 9. The van der Waals surface area contributed by atoms with Crippen molar-refractivity contribution in [2.24, 2.45) is 0 Å². The van der Waals surface area contributed by atoms with Gasteiger partial charge in [0.2, 0.25) is 0 Å². The van der Waals surface area contributed by atoms with Gasteiger partial charge in [0.15, 0.2) is 6.61 Å². The third-order valence-electron chi connectivity index (χ3n) is 4.36. The van der Waals surface area contributed by atoms with Crippen LogP contribution in [0.2, 0.25) is 0 Å². The molecule has 2 rings (SSSR count). The molecule has 5 nitrogen and oxygen atoms in total. The molecule has 1 unspecified atom stereocenters. The molecule has 0 aliphatic heterocycles. The highest BCUT2D eigenvalue weighted by molar-refractivity contribution is 5.71. The molecule has 2 aromatic rings. The molecule has 0 saturated heterocycles. The number of nitrogens with one attached hydrogen (secondary N) is 1. The third-order valence-corrected chi connectivity index (χ3v) is 4.36. The highest BCUT2D eigenvalue weighted by atomic mass is 16.6. The zero-order valence-electron chi connectivity index (χ0n) is 16.8. The van der Waals surface area contributed by atoms with Crippen molar-refractivity contribution in [3.8, 4) is 11.5 Å². The van der Waals surface area contributed by atoms with Crippen molar-refractivity contribution >= 4 is 5.97 Å². The van der Waals surface area contributed by atoms with Crippen molar-refractivity contribution in [3.05, 3.63) is 58.7 Å². The normalized spacial score (nSPS) is 11.7. The Kier molecular flexibility index (Phi) is 7.67. The molecule has 0 aliphatic rings. The second kappa shape index (κ2) is 9.97. The molecule has 1 N–H and O–H groups in total. The van der Waals surface area contributed by atoms with E-state index in [9.17, 15) is 4.79 Å². The summed E-state index contributed by atoms with van der Waals surface area (Å²) >= 11 is 0. The first-order chi connectivity index (χ1) is 12.9. The van der Waals surface area contributed by atoms with Gasteiger partial charge in [0, 0.05) is 12.6 Å². The molecule has 2 aromatic carbocycles. The van der Waals surface area contributed by atoms with Crippen LogP contribution in [0.1, 0.15) is 42.1 Å². The standard InChI is InChI=1S/C22H29NO4/c1-6-26-20-9-7-8-19(12-20)17(4)23-13-18-10-15(2)22(16(3)11-18)27-14-21(24)25-5/h7-12,17,23H,6,13-14H2,1-5H3. The Hall–Kier alpha value is -2.53. The van der Waals surface area contributed by atoms with Gasteiger partial charge in [0.25, 0.3) is 0 Å². The summed E-state index contributed by atoms with van der Waals surface area (Å²) in [5.41, 5.74) is 4.36. The molecule has 1 atom stereocenters. The summed E-state index contributed by atoms with van der Waals surface area (Å²) in [6, 6.07) is 12.5. The summed E-state index contributed by atoms with van der Waals surface area (Å²) in [4.78, 5) is 11.3. The molecular weight excluding hydrogens is 342 g/mol. The van der Waals surface area contributed by atoms with E-state index in [4.69, 9.17) is 9.47 Å². The lowest BCUT2D eigenvalue weighted by molar-refractivity contribution is -0.142. The summed E-state index contributed by atoms with van der Waals surface area (Å²) < 4.78 is 15.8. The minimum Gasteiger partial charge on any atom is -0.494 e. The molecule has 146 valence electrons. The fourth-order valence-electron chi connectivity index (χ4n) is 2.99. The van der Waals surface area contributed by atoms with Gasteiger partial charge in [-0.25, -0.2) is 4.79 Å². The number of hydrogen-bond donors (Lipinski definition) is 1. The molecule has 0 spiro atoms.